The summed E-state index contributed by atoms with van der Waals surface area (Å²) in [6.07, 6.45) is 6.05. The van der Waals surface area contributed by atoms with Gasteiger partial charge in [-0.25, -0.2) is 0 Å². The molecule has 2 aliphatic rings. The number of likely N-dealkylation sites (tertiary alicyclic amines) is 1. The lowest BCUT2D eigenvalue weighted by atomic mass is 9.99. The molecule has 1 saturated carbocycles. The van der Waals surface area contributed by atoms with E-state index in [2.05, 4.69) is 27.8 Å². The van der Waals surface area contributed by atoms with Crippen molar-refractivity contribution in [3.8, 4) is 11.3 Å². The number of aromatic amines is 1. The zero-order valence-corrected chi connectivity index (χ0v) is 24.1. The van der Waals surface area contributed by atoms with Crippen LogP contribution in [0.4, 0.5) is 5.69 Å². The summed E-state index contributed by atoms with van der Waals surface area (Å²) in [5, 5.41) is 7.23. The highest BCUT2D eigenvalue weighted by molar-refractivity contribution is 5.95. The van der Waals surface area contributed by atoms with Gasteiger partial charge in [-0.15, -0.1) is 0 Å². The average molecular weight is 563 g/mol. The van der Waals surface area contributed by atoms with Crippen molar-refractivity contribution in [3.05, 3.63) is 90.0 Å². The van der Waals surface area contributed by atoms with Gasteiger partial charge in [0.15, 0.2) is 5.78 Å². The Hall–Kier alpha value is -4.23. The second kappa shape index (κ2) is 12.3. The highest BCUT2D eigenvalue weighted by atomic mass is 16.2. The van der Waals surface area contributed by atoms with E-state index < -0.39 is 12.1 Å². The zero-order valence-electron chi connectivity index (χ0n) is 24.1. The first kappa shape index (κ1) is 27.9. The molecule has 0 unspecified atom stereocenters. The summed E-state index contributed by atoms with van der Waals surface area (Å²) < 4.78 is 0. The van der Waals surface area contributed by atoms with Crippen LogP contribution in [0, 0.1) is 5.92 Å². The number of ketones is 1. The number of carbonyl (C=O) groups excluding carboxylic acids is 3. The topological polar surface area (TPSA) is 94.3 Å². The zero-order chi connectivity index (χ0) is 29.1. The monoisotopic (exact) mass is 562 g/mol. The Morgan fingerprint density at radius 3 is 2.40 bits per heavy atom. The van der Waals surface area contributed by atoms with Gasteiger partial charge in [0.05, 0.1) is 6.04 Å². The van der Waals surface area contributed by atoms with Gasteiger partial charge in [-0.05, 0) is 79.8 Å². The number of anilines is 1. The van der Waals surface area contributed by atoms with Crippen molar-refractivity contribution < 1.29 is 14.4 Å². The molecule has 216 valence electrons. The van der Waals surface area contributed by atoms with Gasteiger partial charge >= 0.3 is 0 Å². The molecule has 0 spiro atoms. The number of fused-ring (bicyclic) bond motifs is 1. The minimum absolute atomic E-state index is 0.0469. The second-order valence-electron chi connectivity index (χ2n) is 11.6. The number of likely N-dealkylation sites (N-methyl/N-ethyl adjacent to an activating group) is 1. The van der Waals surface area contributed by atoms with Gasteiger partial charge < -0.3 is 20.5 Å². The van der Waals surface area contributed by atoms with E-state index in [-0.39, 0.29) is 29.9 Å². The number of amides is 2. The number of H-pyrrole nitrogens is 1. The van der Waals surface area contributed by atoms with Crippen molar-refractivity contribution in [2.24, 2.45) is 5.92 Å². The van der Waals surface area contributed by atoms with E-state index in [1.165, 1.54) is 0 Å². The maximum Gasteiger partial charge on any atom is 0.244 e. The summed E-state index contributed by atoms with van der Waals surface area (Å²) in [6, 6.07) is 24.9. The summed E-state index contributed by atoms with van der Waals surface area (Å²) in [6.45, 7) is 0.601. The van der Waals surface area contributed by atoms with Crippen LogP contribution in [-0.2, 0) is 20.8 Å². The lowest BCUT2D eigenvalue weighted by Gasteiger charge is -2.28. The van der Waals surface area contributed by atoms with Crippen molar-refractivity contribution >= 4 is 34.2 Å². The second-order valence-corrected chi connectivity index (χ2v) is 11.6. The molecule has 42 heavy (non-hydrogen) atoms. The molecular formula is C35H38N4O3. The third-order valence-electron chi connectivity index (χ3n) is 8.83. The quantitative estimate of drug-likeness (QED) is 0.232. The van der Waals surface area contributed by atoms with Crippen LogP contribution in [0.3, 0.4) is 0 Å². The number of nitrogens with zero attached hydrogens (tertiary/aromatic N) is 1. The number of nitrogens with one attached hydrogen (secondary N) is 3. The average Bonchev–Trinajstić information content (AvgIpc) is 3.79. The molecule has 7 heteroatoms. The molecule has 2 heterocycles. The molecule has 0 bridgehead atoms. The molecule has 0 radical (unpaired) electrons. The van der Waals surface area contributed by atoms with Crippen molar-refractivity contribution in [3.63, 3.8) is 0 Å². The number of benzene rings is 3. The summed E-state index contributed by atoms with van der Waals surface area (Å²) in [5.74, 6) is 0.288. The van der Waals surface area contributed by atoms with Gasteiger partial charge in [-0.2, -0.15) is 0 Å². The summed E-state index contributed by atoms with van der Waals surface area (Å²) in [4.78, 5) is 44.7. The smallest absolute Gasteiger partial charge is 0.244 e. The molecule has 7 nitrogen and oxygen atoms in total. The van der Waals surface area contributed by atoms with Gasteiger partial charge in [-0.1, -0.05) is 61.4 Å². The number of aromatic nitrogens is 1. The highest BCUT2D eigenvalue weighted by Crippen LogP contribution is 2.29. The van der Waals surface area contributed by atoms with Crippen LogP contribution in [0.5, 0.6) is 0 Å². The van der Waals surface area contributed by atoms with Gasteiger partial charge in [0.2, 0.25) is 11.8 Å². The fourth-order valence-corrected chi connectivity index (χ4v) is 6.54. The van der Waals surface area contributed by atoms with Gasteiger partial charge in [0.1, 0.15) is 6.04 Å². The Morgan fingerprint density at radius 2 is 1.67 bits per heavy atom. The van der Waals surface area contributed by atoms with E-state index in [1.54, 1.807) is 11.9 Å². The van der Waals surface area contributed by atoms with Crippen LogP contribution in [0.1, 0.15) is 55.7 Å². The SMILES string of the molecule is CN[C@@H](C(=O)N1CCC[C@H]1C(=O)Cc1ccc2[nH]c(-c3ccc(NC(=O)C4CCCC4)cc3)cc2c1)c1ccccc1. The fourth-order valence-electron chi connectivity index (χ4n) is 6.54. The van der Waals surface area contributed by atoms with E-state index in [1.807, 2.05) is 66.7 Å². The first-order valence-corrected chi connectivity index (χ1v) is 15.1. The Labute approximate surface area is 246 Å². The molecule has 1 aliphatic carbocycles. The van der Waals surface area contributed by atoms with Crippen LogP contribution in [0.15, 0.2) is 78.9 Å². The molecule has 2 fully saturated rings. The van der Waals surface area contributed by atoms with E-state index in [0.29, 0.717) is 13.0 Å². The molecule has 4 aromatic rings. The van der Waals surface area contributed by atoms with Crippen molar-refractivity contribution in [2.45, 2.75) is 57.0 Å². The highest BCUT2D eigenvalue weighted by Gasteiger charge is 2.37. The van der Waals surface area contributed by atoms with E-state index in [9.17, 15) is 14.4 Å². The third kappa shape index (κ3) is 5.88. The number of hydrogen-bond donors (Lipinski definition) is 3. The van der Waals surface area contributed by atoms with Crippen LogP contribution in [0.2, 0.25) is 0 Å². The minimum atomic E-state index is -0.466. The molecule has 1 aliphatic heterocycles. The summed E-state index contributed by atoms with van der Waals surface area (Å²) >= 11 is 0. The van der Waals surface area contributed by atoms with Gasteiger partial charge in [0.25, 0.3) is 0 Å². The Morgan fingerprint density at radius 1 is 0.905 bits per heavy atom. The van der Waals surface area contributed by atoms with E-state index >= 15 is 0 Å². The predicted molar refractivity (Wildman–Crippen MR) is 166 cm³/mol. The van der Waals surface area contributed by atoms with Crippen LogP contribution >= 0.6 is 0 Å². The molecule has 3 aromatic carbocycles. The third-order valence-corrected chi connectivity index (χ3v) is 8.83. The van der Waals surface area contributed by atoms with Crippen LogP contribution < -0.4 is 10.6 Å². The molecule has 1 saturated heterocycles. The van der Waals surface area contributed by atoms with E-state index in [0.717, 1.165) is 71.1 Å². The molecule has 1 aromatic heterocycles. The first-order chi connectivity index (χ1) is 20.5. The van der Waals surface area contributed by atoms with Gasteiger partial charge in [0, 0.05) is 41.2 Å². The first-order valence-electron chi connectivity index (χ1n) is 15.1. The molecule has 6 rings (SSSR count). The lowest BCUT2D eigenvalue weighted by molar-refractivity contribution is -0.139. The molecule has 2 atom stereocenters. The van der Waals surface area contributed by atoms with Crippen LogP contribution in [-0.4, -0.2) is 47.1 Å². The number of carbonyl (C=O) groups is 3. The number of Topliss-reactive ketones (excluding diaryl/α,β-unsaturated/α-hetero) is 1. The molecule has 3 N–H and O–H groups in total. The van der Waals surface area contributed by atoms with E-state index in [4.69, 9.17) is 0 Å². The standard InChI is InChI=1S/C35H38N4O3/c1-36-33(25-8-3-2-4-9-25)35(42)39-19-7-12-31(39)32(40)21-23-13-18-29-27(20-23)22-30(38-29)24-14-16-28(17-15-24)37-34(41)26-10-5-6-11-26/h2-4,8-9,13-18,20,22,26,31,33,36,38H,5-7,10-12,19,21H2,1H3,(H,37,41)/t31-,33+/m0/s1. The summed E-state index contributed by atoms with van der Waals surface area (Å²) in [7, 11) is 1.78. The minimum Gasteiger partial charge on any atom is -0.355 e. The Bertz CT molecular complexity index is 1570. The van der Waals surface area contributed by atoms with Gasteiger partial charge in [-0.3, -0.25) is 14.4 Å². The Balaban J connectivity index is 1.12. The maximum absolute atomic E-state index is 13.5. The molecule has 2 amide bonds. The Kier molecular flexibility index (Phi) is 8.20. The normalized spacial score (nSPS) is 17.9. The summed E-state index contributed by atoms with van der Waals surface area (Å²) in [5.41, 5.74) is 5.67. The molecular weight excluding hydrogens is 524 g/mol. The van der Waals surface area contributed by atoms with Crippen molar-refractivity contribution in [1.29, 1.82) is 0 Å². The maximum atomic E-state index is 13.5. The van der Waals surface area contributed by atoms with Crippen molar-refractivity contribution in [1.82, 2.24) is 15.2 Å². The van der Waals surface area contributed by atoms with Crippen LogP contribution in [0.25, 0.3) is 22.2 Å². The van der Waals surface area contributed by atoms with Crippen molar-refractivity contribution in [2.75, 3.05) is 18.9 Å². The fraction of sp³-hybridized carbons (Fsp3) is 0.343. The number of hydrogen-bond acceptors (Lipinski definition) is 4. The lowest BCUT2D eigenvalue weighted by Crippen LogP contribution is -2.46. The largest absolute Gasteiger partial charge is 0.355 e. The predicted octanol–water partition coefficient (Wildman–Crippen LogP) is 6.03. The number of rotatable bonds is 9.